The molecule has 0 fully saturated rings. The predicted octanol–water partition coefficient (Wildman–Crippen LogP) is 2.89. The molecule has 3 heterocycles. The number of hydrogen-bond acceptors (Lipinski definition) is 6. The van der Waals surface area contributed by atoms with Gasteiger partial charge in [-0.2, -0.15) is 5.10 Å². The number of carbonyl (C=O) groups is 3. The van der Waals surface area contributed by atoms with Crippen molar-refractivity contribution >= 4 is 28.9 Å². The van der Waals surface area contributed by atoms with Crippen LogP contribution in [0.15, 0.2) is 48.9 Å². The minimum absolute atomic E-state index is 0.0488. The summed E-state index contributed by atoms with van der Waals surface area (Å²) < 4.78 is 23.5. The van der Waals surface area contributed by atoms with E-state index in [1.165, 1.54) is 58.7 Å². The first-order chi connectivity index (χ1) is 16.7. The van der Waals surface area contributed by atoms with Crippen LogP contribution < -0.4 is 10.1 Å². The Bertz CT molecular complexity index is 1470. The number of Topliss-reactive ketones (excluding diaryl/α,β-unsaturated/α-hetero) is 1. The number of benzene rings is 1. The van der Waals surface area contributed by atoms with E-state index < -0.39 is 24.3 Å². The van der Waals surface area contributed by atoms with Crippen molar-refractivity contribution in [2.45, 2.75) is 13.5 Å². The van der Waals surface area contributed by atoms with Gasteiger partial charge in [-0.3, -0.25) is 14.3 Å². The lowest BCUT2D eigenvalue weighted by atomic mass is 10.0. The van der Waals surface area contributed by atoms with Crippen molar-refractivity contribution in [1.29, 1.82) is 0 Å². The molecule has 11 heteroatoms. The number of ketones is 1. The van der Waals surface area contributed by atoms with Gasteiger partial charge in [0.15, 0.2) is 18.2 Å². The van der Waals surface area contributed by atoms with Crippen molar-refractivity contribution < 1.29 is 33.7 Å². The van der Waals surface area contributed by atoms with E-state index in [4.69, 9.17) is 9.84 Å². The van der Waals surface area contributed by atoms with Gasteiger partial charge in [-0.05, 0) is 29.8 Å². The van der Waals surface area contributed by atoms with E-state index in [2.05, 4.69) is 10.4 Å². The normalized spacial score (nSPS) is 11.0. The second-order valence-corrected chi connectivity index (χ2v) is 7.82. The van der Waals surface area contributed by atoms with Gasteiger partial charge in [0, 0.05) is 43.6 Å². The number of carbonyl (C=O) groups excluding carboxylic acids is 2. The van der Waals surface area contributed by atoms with E-state index in [0.29, 0.717) is 11.1 Å². The fourth-order valence-corrected chi connectivity index (χ4v) is 3.69. The highest BCUT2D eigenvalue weighted by Crippen LogP contribution is 2.31. The third-order valence-corrected chi connectivity index (χ3v) is 5.29. The molecule has 0 spiro atoms. The topological polar surface area (TPSA) is 135 Å². The van der Waals surface area contributed by atoms with E-state index in [1.54, 1.807) is 13.2 Å². The monoisotopic (exact) mass is 480 g/mol. The highest BCUT2D eigenvalue weighted by Gasteiger charge is 2.21. The SMILES string of the molecule is CC(=O)c1cc(C(=O)Nc2cc(CO)cc(-c3cnn(C)c3)c2F)c2cc(OCC(=O)O)ccn12. The number of carboxylic acid groups (broad SMARTS) is 1. The zero-order valence-corrected chi connectivity index (χ0v) is 18.8. The Balaban J connectivity index is 1.76. The van der Waals surface area contributed by atoms with E-state index in [-0.39, 0.29) is 46.2 Å². The van der Waals surface area contributed by atoms with Crippen LogP contribution in [0.25, 0.3) is 16.6 Å². The number of halogens is 1. The van der Waals surface area contributed by atoms with Crippen molar-refractivity contribution in [3.8, 4) is 16.9 Å². The van der Waals surface area contributed by atoms with Gasteiger partial charge >= 0.3 is 5.97 Å². The molecule has 35 heavy (non-hydrogen) atoms. The first-order valence-electron chi connectivity index (χ1n) is 10.4. The number of carboxylic acids is 1. The smallest absolute Gasteiger partial charge is 0.341 e. The first-order valence-corrected chi connectivity index (χ1v) is 10.4. The van der Waals surface area contributed by atoms with Crippen molar-refractivity contribution in [3.63, 3.8) is 0 Å². The van der Waals surface area contributed by atoms with Crippen LogP contribution in [0.1, 0.15) is 33.3 Å². The lowest BCUT2D eigenvalue weighted by Gasteiger charge is -2.12. The van der Waals surface area contributed by atoms with E-state index >= 15 is 4.39 Å². The lowest BCUT2D eigenvalue weighted by Crippen LogP contribution is -2.14. The summed E-state index contributed by atoms with van der Waals surface area (Å²) in [5.41, 5.74) is 1.34. The molecule has 0 saturated heterocycles. The molecule has 0 saturated carbocycles. The summed E-state index contributed by atoms with van der Waals surface area (Å²) in [5, 5.41) is 25.1. The van der Waals surface area contributed by atoms with Gasteiger partial charge < -0.3 is 24.7 Å². The molecule has 0 atom stereocenters. The third-order valence-electron chi connectivity index (χ3n) is 5.29. The van der Waals surface area contributed by atoms with Gasteiger partial charge in [0.05, 0.1) is 35.3 Å². The van der Waals surface area contributed by atoms with Crippen LogP contribution in [0.3, 0.4) is 0 Å². The Morgan fingerprint density at radius 3 is 2.60 bits per heavy atom. The molecule has 4 aromatic rings. The molecule has 0 aliphatic heterocycles. The summed E-state index contributed by atoms with van der Waals surface area (Å²) in [6, 6.07) is 7.04. The summed E-state index contributed by atoms with van der Waals surface area (Å²) in [6.45, 7) is 0.363. The highest BCUT2D eigenvalue weighted by molar-refractivity contribution is 6.11. The number of aliphatic hydroxyl groups excluding tert-OH is 1. The van der Waals surface area contributed by atoms with Crippen LogP contribution >= 0.6 is 0 Å². The molecule has 0 aliphatic rings. The van der Waals surface area contributed by atoms with Crippen LogP contribution in [0.4, 0.5) is 10.1 Å². The number of ether oxygens (including phenoxy) is 1. The number of amides is 1. The number of anilines is 1. The Labute approximate surface area is 198 Å². The zero-order valence-electron chi connectivity index (χ0n) is 18.8. The molecular formula is C24H21FN4O6. The number of hydrogen-bond donors (Lipinski definition) is 3. The van der Waals surface area contributed by atoms with Crippen LogP contribution in [-0.2, 0) is 18.4 Å². The van der Waals surface area contributed by atoms with Gasteiger partial charge in [-0.1, -0.05) is 0 Å². The van der Waals surface area contributed by atoms with Crippen LogP contribution in [0.5, 0.6) is 5.75 Å². The molecule has 180 valence electrons. The fourth-order valence-electron chi connectivity index (χ4n) is 3.69. The standard InChI is InChI=1S/C24H21FN4O6/c1-13(31)20-8-18(21-7-16(3-4-29(20)21)35-12-22(32)33)24(34)27-19-6-14(11-30)5-17(23(19)25)15-9-26-28(2)10-15/h3-10,30H,11-12H2,1-2H3,(H,27,34)(H,32,33). The van der Waals surface area contributed by atoms with Crippen molar-refractivity contribution in [2.75, 3.05) is 11.9 Å². The Hall–Kier alpha value is -4.51. The number of aliphatic hydroxyl groups is 1. The van der Waals surface area contributed by atoms with Gasteiger partial charge in [0.1, 0.15) is 5.75 Å². The quantitative estimate of drug-likeness (QED) is 0.330. The number of aryl methyl sites for hydroxylation is 1. The number of rotatable bonds is 8. The summed E-state index contributed by atoms with van der Waals surface area (Å²) >= 11 is 0. The minimum Gasteiger partial charge on any atom is -0.482 e. The summed E-state index contributed by atoms with van der Waals surface area (Å²) in [4.78, 5) is 36.2. The number of fused-ring (bicyclic) bond motifs is 1. The fraction of sp³-hybridized carbons (Fsp3) is 0.167. The Morgan fingerprint density at radius 1 is 1.20 bits per heavy atom. The average molecular weight is 480 g/mol. The maximum absolute atomic E-state index is 15.4. The third kappa shape index (κ3) is 4.75. The molecular weight excluding hydrogens is 459 g/mol. The maximum atomic E-state index is 15.4. The number of aromatic nitrogens is 3. The van der Waals surface area contributed by atoms with E-state index in [0.717, 1.165) is 0 Å². The Morgan fingerprint density at radius 2 is 1.97 bits per heavy atom. The lowest BCUT2D eigenvalue weighted by molar-refractivity contribution is -0.139. The number of nitrogens with one attached hydrogen (secondary N) is 1. The molecule has 0 bridgehead atoms. The van der Waals surface area contributed by atoms with E-state index in [9.17, 15) is 19.5 Å². The number of pyridine rings is 1. The molecule has 0 radical (unpaired) electrons. The maximum Gasteiger partial charge on any atom is 0.341 e. The predicted molar refractivity (Wildman–Crippen MR) is 123 cm³/mol. The van der Waals surface area contributed by atoms with Crippen molar-refractivity contribution in [3.05, 3.63) is 71.6 Å². The molecule has 3 N–H and O–H groups in total. The summed E-state index contributed by atoms with van der Waals surface area (Å²) in [5.74, 6) is -2.74. The molecule has 1 aromatic carbocycles. The molecule has 10 nitrogen and oxygen atoms in total. The molecule has 1 amide bonds. The highest BCUT2D eigenvalue weighted by atomic mass is 19.1. The number of aliphatic carboxylic acids is 1. The minimum atomic E-state index is -1.17. The zero-order chi connectivity index (χ0) is 25.3. The van der Waals surface area contributed by atoms with Crippen LogP contribution in [0.2, 0.25) is 0 Å². The van der Waals surface area contributed by atoms with Gasteiger partial charge in [0.25, 0.3) is 5.91 Å². The van der Waals surface area contributed by atoms with Gasteiger partial charge in [-0.25, -0.2) is 9.18 Å². The summed E-state index contributed by atoms with van der Waals surface area (Å²) in [6.07, 6.45) is 4.54. The number of nitrogens with zero attached hydrogens (tertiary/aromatic N) is 3. The Kier molecular flexibility index (Phi) is 6.34. The molecule has 0 unspecified atom stereocenters. The first kappa shape index (κ1) is 23.6. The second-order valence-electron chi connectivity index (χ2n) is 7.82. The summed E-state index contributed by atoms with van der Waals surface area (Å²) in [7, 11) is 1.68. The molecule has 4 rings (SSSR count). The van der Waals surface area contributed by atoms with Crippen LogP contribution in [0, 0.1) is 5.82 Å². The molecule has 0 aliphatic carbocycles. The average Bonchev–Trinajstić information content (AvgIpc) is 3.42. The molecule has 3 aromatic heterocycles. The second kappa shape index (κ2) is 9.39. The van der Waals surface area contributed by atoms with Gasteiger partial charge in [-0.15, -0.1) is 0 Å². The van der Waals surface area contributed by atoms with E-state index in [1.807, 2.05) is 0 Å². The van der Waals surface area contributed by atoms with Crippen LogP contribution in [-0.4, -0.2) is 48.7 Å². The largest absolute Gasteiger partial charge is 0.482 e. The van der Waals surface area contributed by atoms with Gasteiger partial charge in [0.2, 0.25) is 0 Å². The van der Waals surface area contributed by atoms with Crippen molar-refractivity contribution in [2.24, 2.45) is 7.05 Å². The van der Waals surface area contributed by atoms with Crippen molar-refractivity contribution in [1.82, 2.24) is 14.2 Å².